The zero-order valence-corrected chi connectivity index (χ0v) is 18.7. The Hall–Kier alpha value is -3.55. The van der Waals surface area contributed by atoms with E-state index in [1.807, 2.05) is 60.7 Å². The lowest BCUT2D eigenvalue weighted by molar-refractivity contribution is -0.123. The molecular formula is C24H31N3O5. The average Bonchev–Trinajstić information content (AvgIpc) is 2.75. The standard InChI is InChI=1S/C24H31N3O5/c1-24(2,3)32-23(30)27-20(16-18-10-6-4-7-11-18)21(28)25-14-15-26-22(29)31-17-19-12-8-5-9-13-19/h4-13,20H,14-17H2,1-3H3,(H,25,28)(H,26,29)(H,27,30). The third-order valence-electron chi connectivity index (χ3n) is 4.20. The molecule has 0 aliphatic rings. The molecule has 0 aliphatic carbocycles. The Labute approximate surface area is 188 Å². The van der Waals surface area contributed by atoms with Gasteiger partial charge in [-0.05, 0) is 31.9 Å². The normalized spacial score (nSPS) is 11.7. The van der Waals surface area contributed by atoms with Crippen molar-refractivity contribution in [2.24, 2.45) is 0 Å². The molecular weight excluding hydrogens is 410 g/mol. The maximum atomic E-state index is 12.7. The summed E-state index contributed by atoms with van der Waals surface area (Å²) in [6.07, 6.45) is -0.939. The maximum absolute atomic E-state index is 12.7. The molecule has 8 heteroatoms. The highest BCUT2D eigenvalue weighted by molar-refractivity contribution is 5.86. The predicted octanol–water partition coefficient (Wildman–Crippen LogP) is 3.17. The summed E-state index contributed by atoms with van der Waals surface area (Å²) in [6.45, 7) is 5.78. The molecule has 0 aliphatic heterocycles. The fourth-order valence-corrected chi connectivity index (χ4v) is 2.76. The Morgan fingerprint density at radius 3 is 1.97 bits per heavy atom. The van der Waals surface area contributed by atoms with Crippen LogP contribution in [0.2, 0.25) is 0 Å². The second kappa shape index (κ2) is 12.3. The van der Waals surface area contributed by atoms with Gasteiger partial charge in [0.15, 0.2) is 0 Å². The highest BCUT2D eigenvalue weighted by Gasteiger charge is 2.24. The number of rotatable bonds is 9. The van der Waals surface area contributed by atoms with E-state index >= 15 is 0 Å². The van der Waals surface area contributed by atoms with Crippen molar-refractivity contribution < 1.29 is 23.9 Å². The lowest BCUT2D eigenvalue weighted by Crippen LogP contribution is -2.50. The molecule has 0 saturated carbocycles. The Bertz CT molecular complexity index is 866. The maximum Gasteiger partial charge on any atom is 0.408 e. The van der Waals surface area contributed by atoms with Crippen LogP contribution in [0.5, 0.6) is 0 Å². The van der Waals surface area contributed by atoms with Gasteiger partial charge >= 0.3 is 12.2 Å². The van der Waals surface area contributed by atoms with Gasteiger partial charge in [-0.1, -0.05) is 60.7 Å². The van der Waals surface area contributed by atoms with E-state index in [4.69, 9.17) is 9.47 Å². The minimum absolute atomic E-state index is 0.165. The minimum Gasteiger partial charge on any atom is -0.445 e. The van der Waals surface area contributed by atoms with Gasteiger partial charge in [-0.25, -0.2) is 9.59 Å². The van der Waals surface area contributed by atoms with Crippen molar-refractivity contribution in [3.63, 3.8) is 0 Å². The van der Waals surface area contributed by atoms with E-state index in [1.54, 1.807) is 20.8 Å². The summed E-state index contributed by atoms with van der Waals surface area (Å²) in [7, 11) is 0. The lowest BCUT2D eigenvalue weighted by Gasteiger charge is -2.23. The van der Waals surface area contributed by atoms with Crippen LogP contribution in [0.15, 0.2) is 60.7 Å². The van der Waals surface area contributed by atoms with Crippen LogP contribution in [-0.2, 0) is 27.3 Å². The summed E-state index contributed by atoms with van der Waals surface area (Å²) in [4.78, 5) is 36.7. The molecule has 2 aromatic rings. The van der Waals surface area contributed by atoms with Gasteiger partial charge in [-0.3, -0.25) is 4.79 Å². The highest BCUT2D eigenvalue weighted by Crippen LogP contribution is 2.08. The molecule has 8 nitrogen and oxygen atoms in total. The van der Waals surface area contributed by atoms with Crippen molar-refractivity contribution in [1.29, 1.82) is 0 Å². The largest absolute Gasteiger partial charge is 0.445 e. The van der Waals surface area contributed by atoms with E-state index in [2.05, 4.69) is 16.0 Å². The smallest absolute Gasteiger partial charge is 0.408 e. The zero-order chi connectivity index (χ0) is 23.4. The molecule has 0 radical (unpaired) electrons. The number of hydrogen-bond donors (Lipinski definition) is 3. The van der Waals surface area contributed by atoms with Crippen LogP contribution in [0.1, 0.15) is 31.9 Å². The molecule has 172 valence electrons. The van der Waals surface area contributed by atoms with Crippen LogP contribution < -0.4 is 16.0 Å². The molecule has 3 N–H and O–H groups in total. The molecule has 32 heavy (non-hydrogen) atoms. The quantitative estimate of drug-likeness (QED) is 0.519. The fraction of sp³-hybridized carbons (Fsp3) is 0.375. The SMILES string of the molecule is CC(C)(C)OC(=O)NC(Cc1ccccc1)C(=O)NCCNC(=O)OCc1ccccc1. The first-order valence-electron chi connectivity index (χ1n) is 10.5. The zero-order valence-electron chi connectivity index (χ0n) is 18.7. The summed E-state index contributed by atoms with van der Waals surface area (Å²) < 4.78 is 10.4. The van der Waals surface area contributed by atoms with E-state index in [0.29, 0.717) is 6.42 Å². The summed E-state index contributed by atoms with van der Waals surface area (Å²) in [5, 5.41) is 7.93. The van der Waals surface area contributed by atoms with Gasteiger partial charge in [0.1, 0.15) is 18.2 Å². The molecule has 1 unspecified atom stereocenters. The average molecular weight is 442 g/mol. The van der Waals surface area contributed by atoms with E-state index < -0.39 is 23.8 Å². The molecule has 1 atom stereocenters. The number of amides is 3. The first kappa shape index (κ1) is 24.7. The van der Waals surface area contributed by atoms with E-state index in [-0.39, 0.29) is 25.6 Å². The van der Waals surface area contributed by atoms with Crippen molar-refractivity contribution >= 4 is 18.1 Å². The Balaban J connectivity index is 1.80. The van der Waals surface area contributed by atoms with Gasteiger partial charge in [-0.2, -0.15) is 0 Å². The van der Waals surface area contributed by atoms with Crippen molar-refractivity contribution in [2.75, 3.05) is 13.1 Å². The second-order valence-electron chi connectivity index (χ2n) is 8.17. The van der Waals surface area contributed by atoms with Gasteiger partial charge in [0.2, 0.25) is 5.91 Å². The van der Waals surface area contributed by atoms with Crippen LogP contribution in [0.25, 0.3) is 0 Å². The van der Waals surface area contributed by atoms with Gasteiger partial charge in [0, 0.05) is 19.5 Å². The van der Waals surface area contributed by atoms with Crippen LogP contribution >= 0.6 is 0 Å². The lowest BCUT2D eigenvalue weighted by atomic mass is 10.1. The minimum atomic E-state index is -0.822. The summed E-state index contributed by atoms with van der Waals surface area (Å²) in [5.41, 5.74) is 1.10. The van der Waals surface area contributed by atoms with Crippen LogP contribution in [0, 0.1) is 0 Å². The van der Waals surface area contributed by atoms with Crippen molar-refractivity contribution in [2.45, 2.75) is 45.4 Å². The van der Waals surface area contributed by atoms with Crippen LogP contribution in [0.4, 0.5) is 9.59 Å². The Morgan fingerprint density at radius 1 is 0.812 bits per heavy atom. The second-order valence-corrected chi connectivity index (χ2v) is 8.17. The number of carbonyl (C=O) groups is 3. The first-order chi connectivity index (χ1) is 15.2. The van der Waals surface area contributed by atoms with Crippen LogP contribution in [-0.4, -0.2) is 42.8 Å². The fourth-order valence-electron chi connectivity index (χ4n) is 2.76. The molecule has 0 heterocycles. The monoisotopic (exact) mass is 441 g/mol. The highest BCUT2D eigenvalue weighted by atomic mass is 16.6. The van der Waals surface area contributed by atoms with E-state index in [1.165, 1.54) is 0 Å². The molecule has 3 amide bonds. The summed E-state index contributed by atoms with van der Waals surface area (Å²) in [5.74, 6) is -0.376. The topological polar surface area (TPSA) is 106 Å². The van der Waals surface area contributed by atoms with E-state index in [9.17, 15) is 14.4 Å². The van der Waals surface area contributed by atoms with Crippen LogP contribution in [0.3, 0.4) is 0 Å². The molecule has 0 fully saturated rings. The van der Waals surface area contributed by atoms with Crippen molar-refractivity contribution in [1.82, 2.24) is 16.0 Å². The number of benzene rings is 2. The van der Waals surface area contributed by atoms with Crippen molar-refractivity contribution in [3.8, 4) is 0 Å². The Kier molecular flexibility index (Phi) is 9.53. The number of nitrogens with one attached hydrogen (secondary N) is 3. The number of carbonyl (C=O) groups excluding carboxylic acids is 3. The predicted molar refractivity (Wildman–Crippen MR) is 121 cm³/mol. The number of hydrogen-bond acceptors (Lipinski definition) is 5. The van der Waals surface area contributed by atoms with E-state index in [0.717, 1.165) is 11.1 Å². The third kappa shape index (κ3) is 9.97. The van der Waals surface area contributed by atoms with Crippen molar-refractivity contribution in [3.05, 3.63) is 71.8 Å². The number of alkyl carbamates (subject to hydrolysis) is 2. The molecule has 0 spiro atoms. The molecule has 0 aromatic heterocycles. The van der Waals surface area contributed by atoms with Gasteiger partial charge in [0.25, 0.3) is 0 Å². The Morgan fingerprint density at radius 2 is 1.38 bits per heavy atom. The first-order valence-corrected chi connectivity index (χ1v) is 10.5. The molecule has 0 bridgehead atoms. The molecule has 2 aromatic carbocycles. The van der Waals surface area contributed by atoms with Gasteiger partial charge in [0.05, 0.1) is 0 Å². The number of ether oxygens (including phenoxy) is 2. The summed E-state index contributed by atoms with van der Waals surface area (Å²) >= 11 is 0. The van der Waals surface area contributed by atoms with Gasteiger partial charge < -0.3 is 25.4 Å². The van der Waals surface area contributed by atoms with Gasteiger partial charge in [-0.15, -0.1) is 0 Å². The molecule has 2 rings (SSSR count). The third-order valence-corrected chi connectivity index (χ3v) is 4.20. The molecule has 0 saturated heterocycles. The summed E-state index contributed by atoms with van der Waals surface area (Å²) in [6, 6.07) is 17.9.